The number of fused-ring (bicyclic) bond motifs is 1. The summed E-state index contributed by atoms with van der Waals surface area (Å²) in [5, 5.41) is 15.7. The number of aryl methyl sites for hydroxylation is 1. The van der Waals surface area contributed by atoms with E-state index in [9.17, 15) is 5.11 Å². The Morgan fingerprint density at radius 3 is 2.71 bits per heavy atom. The lowest BCUT2D eigenvalue weighted by Crippen LogP contribution is -2.03. The first-order valence-corrected chi connectivity index (χ1v) is 7.51. The monoisotopic (exact) mass is 342 g/mol. The molecule has 0 aliphatic rings. The van der Waals surface area contributed by atoms with Crippen molar-refractivity contribution in [2.24, 2.45) is 0 Å². The van der Waals surface area contributed by atoms with Gasteiger partial charge in [0.05, 0.1) is 11.4 Å². The summed E-state index contributed by atoms with van der Waals surface area (Å²) < 4.78 is 0.818. The molecule has 0 spiro atoms. The minimum Gasteiger partial charge on any atom is -0.508 e. The van der Waals surface area contributed by atoms with Crippen molar-refractivity contribution >= 4 is 32.4 Å². The van der Waals surface area contributed by atoms with Crippen molar-refractivity contribution in [2.45, 2.75) is 13.5 Å². The number of rotatable bonds is 3. The summed E-state index contributed by atoms with van der Waals surface area (Å²) in [7, 11) is 0. The number of hydrogen-bond donors (Lipinski definition) is 2. The molecule has 0 atom stereocenters. The van der Waals surface area contributed by atoms with Crippen LogP contribution in [0.15, 0.2) is 53.1 Å². The molecular formula is C17H15BrN2O. The van der Waals surface area contributed by atoms with Gasteiger partial charge >= 0.3 is 0 Å². The number of aromatic hydroxyl groups is 1. The summed E-state index contributed by atoms with van der Waals surface area (Å²) >= 11 is 3.36. The van der Waals surface area contributed by atoms with Gasteiger partial charge in [-0.05, 0) is 51.8 Å². The highest BCUT2D eigenvalue weighted by molar-refractivity contribution is 9.10. The molecule has 0 amide bonds. The maximum atomic E-state index is 10.1. The molecule has 0 saturated carbocycles. The summed E-state index contributed by atoms with van der Waals surface area (Å²) in [6.45, 7) is 2.51. The SMILES string of the molecule is Cc1nc(Br)ccc1NCc1c(O)ccc2ccccc12. The van der Waals surface area contributed by atoms with E-state index in [4.69, 9.17) is 0 Å². The largest absolute Gasteiger partial charge is 0.508 e. The standard InChI is InChI=1S/C17H15BrN2O/c1-11-15(7-9-17(18)20-11)19-10-14-13-5-3-2-4-12(13)6-8-16(14)21/h2-9,19,21H,10H2,1H3. The molecule has 0 aliphatic carbocycles. The number of phenols is 1. The molecule has 0 radical (unpaired) electrons. The zero-order valence-corrected chi connectivity index (χ0v) is 13.2. The van der Waals surface area contributed by atoms with Crippen LogP contribution in [0.5, 0.6) is 5.75 Å². The van der Waals surface area contributed by atoms with E-state index in [1.54, 1.807) is 6.07 Å². The summed E-state index contributed by atoms with van der Waals surface area (Å²) in [5.41, 5.74) is 2.78. The van der Waals surface area contributed by atoms with Crippen molar-refractivity contribution in [3.63, 3.8) is 0 Å². The van der Waals surface area contributed by atoms with Crippen molar-refractivity contribution in [1.29, 1.82) is 0 Å². The average molecular weight is 343 g/mol. The second kappa shape index (κ2) is 5.74. The first-order valence-electron chi connectivity index (χ1n) is 6.72. The Labute approximate surface area is 131 Å². The molecule has 21 heavy (non-hydrogen) atoms. The summed E-state index contributed by atoms with van der Waals surface area (Å²) in [4.78, 5) is 4.36. The highest BCUT2D eigenvalue weighted by Gasteiger charge is 2.07. The van der Waals surface area contributed by atoms with Gasteiger partial charge in [0.2, 0.25) is 0 Å². The summed E-state index contributed by atoms with van der Waals surface area (Å²) in [5.74, 6) is 0.309. The molecule has 0 saturated heterocycles. The maximum absolute atomic E-state index is 10.1. The van der Waals surface area contributed by atoms with E-state index in [1.807, 2.05) is 49.4 Å². The molecule has 106 valence electrons. The van der Waals surface area contributed by atoms with Crippen LogP contribution in [0.3, 0.4) is 0 Å². The molecule has 0 fully saturated rings. The number of aromatic nitrogens is 1. The van der Waals surface area contributed by atoms with Crippen LogP contribution in [0.4, 0.5) is 5.69 Å². The van der Waals surface area contributed by atoms with E-state index < -0.39 is 0 Å². The molecule has 0 bridgehead atoms. The third-order valence-corrected chi connectivity index (χ3v) is 3.96. The Bertz CT molecular complexity index is 802. The van der Waals surface area contributed by atoms with Gasteiger partial charge in [-0.2, -0.15) is 0 Å². The third kappa shape index (κ3) is 2.85. The molecule has 2 aromatic carbocycles. The normalized spacial score (nSPS) is 10.8. The molecule has 0 aliphatic heterocycles. The Morgan fingerprint density at radius 1 is 1.10 bits per heavy atom. The Hall–Kier alpha value is -2.07. The van der Waals surface area contributed by atoms with Crippen molar-refractivity contribution in [1.82, 2.24) is 4.98 Å². The third-order valence-electron chi connectivity index (χ3n) is 3.52. The Morgan fingerprint density at radius 2 is 1.90 bits per heavy atom. The van der Waals surface area contributed by atoms with E-state index in [1.165, 1.54) is 0 Å². The second-order valence-corrected chi connectivity index (χ2v) is 5.72. The zero-order valence-electron chi connectivity index (χ0n) is 11.6. The highest BCUT2D eigenvalue weighted by Crippen LogP contribution is 2.28. The van der Waals surface area contributed by atoms with Crippen LogP contribution in [0, 0.1) is 6.92 Å². The predicted molar refractivity (Wildman–Crippen MR) is 89.6 cm³/mol. The van der Waals surface area contributed by atoms with Crippen molar-refractivity contribution in [3.05, 3.63) is 64.4 Å². The molecule has 3 nitrogen and oxygen atoms in total. The number of pyridine rings is 1. The van der Waals surface area contributed by atoms with Crippen LogP contribution in [0.25, 0.3) is 10.8 Å². The Kier molecular flexibility index (Phi) is 3.80. The number of halogens is 1. The first-order chi connectivity index (χ1) is 10.1. The number of benzene rings is 2. The van der Waals surface area contributed by atoms with Gasteiger partial charge in [0, 0.05) is 12.1 Å². The van der Waals surface area contributed by atoms with Gasteiger partial charge in [0.1, 0.15) is 10.4 Å². The number of hydrogen-bond acceptors (Lipinski definition) is 3. The van der Waals surface area contributed by atoms with E-state index in [0.717, 1.165) is 32.3 Å². The number of nitrogens with one attached hydrogen (secondary N) is 1. The molecule has 2 N–H and O–H groups in total. The van der Waals surface area contributed by atoms with Crippen LogP contribution < -0.4 is 5.32 Å². The molecule has 1 heterocycles. The fourth-order valence-electron chi connectivity index (χ4n) is 2.41. The second-order valence-electron chi connectivity index (χ2n) is 4.90. The number of phenolic OH excluding ortho intramolecular Hbond substituents is 1. The van der Waals surface area contributed by atoms with Gasteiger partial charge in [0.25, 0.3) is 0 Å². The maximum Gasteiger partial charge on any atom is 0.121 e. The number of nitrogens with zero attached hydrogens (tertiary/aromatic N) is 1. The van der Waals surface area contributed by atoms with Gasteiger partial charge in [-0.1, -0.05) is 30.3 Å². The van der Waals surface area contributed by atoms with E-state index >= 15 is 0 Å². The smallest absolute Gasteiger partial charge is 0.121 e. The van der Waals surface area contributed by atoms with Crippen molar-refractivity contribution < 1.29 is 5.11 Å². The van der Waals surface area contributed by atoms with Gasteiger partial charge in [-0.3, -0.25) is 0 Å². The molecule has 4 heteroatoms. The molecule has 3 aromatic rings. The zero-order chi connectivity index (χ0) is 14.8. The van der Waals surface area contributed by atoms with Crippen molar-refractivity contribution in [3.8, 4) is 5.75 Å². The number of anilines is 1. The minimum atomic E-state index is 0.309. The van der Waals surface area contributed by atoms with Crippen LogP contribution in [-0.4, -0.2) is 10.1 Å². The van der Waals surface area contributed by atoms with E-state index in [0.29, 0.717) is 12.3 Å². The van der Waals surface area contributed by atoms with Crippen LogP contribution in [0.2, 0.25) is 0 Å². The average Bonchev–Trinajstić information content (AvgIpc) is 2.48. The first kappa shape index (κ1) is 13.9. The predicted octanol–water partition coefficient (Wildman–Crippen LogP) is 4.62. The summed E-state index contributed by atoms with van der Waals surface area (Å²) in [6.07, 6.45) is 0. The molecular weight excluding hydrogens is 328 g/mol. The minimum absolute atomic E-state index is 0.309. The van der Waals surface area contributed by atoms with Gasteiger partial charge in [-0.25, -0.2) is 4.98 Å². The molecule has 3 rings (SSSR count). The lowest BCUT2D eigenvalue weighted by molar-refractivity contribution is 0.470. The molecule has 1 aromatic heterocycles. The van der Waals surface area contributed by atoms with Crippen molar-refractivity contribution in [2.75, 3.05) is 5.32 Å². The fourth-order valence-corrected chi connectivity index (χ4v) is 2.81. The lowest BCUT2D eigenvalue weighted by Gasteiger charge is -2.12. The van der Waals surface area contributed by atoms with Gasteiger partial charge in [-0.15, -0.1) is 0 Å². The van der Waals surface area contributed by atoms with Crippen LogP contribution in [-0.2, 0) is 6.54 Å². The topological polar surface area (TPSA) is 45.2 Å². The fraction of sp³-hybridized carbons (Fsp3) is 0.118. The summed E-state index contributed by atoms with van der Waals surface area (Å²) in [6, 6.07) is 15.6. The van der Waals surface area contributed by atoms with Crippen LogP contribution >= 0.6 is 15.9 Å². The highest BCUT2D eigenvalue weighted by atomic mass is 79.9. The van der Waals surface area contributed by atoms with E-state index in [2.05, 4.69) is 26.2 Å². The van der Waals surface area contributed by atoms with Gasteiger partial charge < -0.3 is 10.4 Å². The van der Waals surface area contributed by atoms with Crippen LogP contribution in [0.1, 0.15) is 11.3 Å². The van der Waals surface area contributed by atoms with E-state index in [-0.39, 0.29) is 0 Å². The Balaban J connectivity index is 1.93. The molecule has 0 unspecified atom stereocenters. The lowest BCUT2D eigenvalue weighted by atomic mass is 10.0. The van der Waals surface area contributed by atoms with Gasteiger partial charge in [0.15, 0.2) is 0 Å². The quantitative estimate of drug-likeness (QED) is 0.682.